The molecule has 0 radical (unpaired) electrons. The molecule has 0 unspecified atom stereocenters. The first kappa shape index (κ1) is 18.3. The van der Waals surface area contributed by atoms with Crippen molar-refractivity contribution in [3.63, 3.8) is 0 Å². The van der Waals surface area contributed by atoms with Crippen LogP contribution in [0.15, 0.2) is 53.3 Å². The lowest BCUT2D eigenvalue weighted by molar-refractivity contribution is -0.119. The van der Waals surface area contributed by atoms with Gasteiger partial charge in [-0.2, -0.15) is 5.10 Å². The molecule has 1 amide bonds. The van der Waals surface area contributed by atoms with E-state index in [9.17, 15) is 14.4 Å². The third kappa shape index (κ3) is 4.20. The van der Waals surface area contributed by atoms with Crippen LogP contribution in [0, 0.1) is 0 Å². The number of fused-ring (bicyclic) bond motifs is 1. The van der Waals surface area contributed by atoms with Crippen LogP contribution in [0.1, 0.15) is 35.8 Å². The smallest absolute Gasteiger partial charge is 0.359 e. The Balaban J connectivity index is 1.65. The van der Waals surface area contributed by atoms with Gasteiger partial charge in [-0.25, -0.2) is 9.89 Å². The fourth-order valence-corrected chi connectivity index (χ4v) is 2.62. The first-order valence-electron chi connectivity index (χ1n) is 8.50. The van der Waals surface area contributed by atoms with Crippen LogP contribution in [0.5, 0.6) is 0 Å². The number of H-pyrrole nitrogens is 1. The van der Waals surface area contributed by atoms with E-state index in [0.717, 1.165) is 5.56 Å². The minimum absolute atomic E-state index is 0.0423. The zero-order valence-electron chi connectivity index (χ0n) is 15.0. The molecule has 0 saturated carbocycles. The van der Waals surface area contributed by atoms with Crippen LogP contribution in [0.4, 0.5) is 5.69 Å². The standard InChI is InChI=1S/C20H19N3O4/c1-12(2)13-7-9-14(10-8-13)21-17(24)11-27-20(26)18-15-5-3-4-6-16(15)19(25)23-22-18/h3-10,12H,11H2,1-2H3,(H,21,24)(H,23,25). The van der Waals surface area contributed by atoms with Gasteiger partial charge in [-0.3, -0.25) is 9.59 Å². The van der Waals surface area contributed by atoms with Gasteiger partial charge in [-0.05, 0) is 29.7 Å². The number of carbonyl (C=O) groups excluding carboxylic acids is 2. The molecule has 1 aromatic heterocycles. The van der Waals surface area contributed by atoms with Gasteiger partial charge in [0.2, 0.25) is 0 Å². The number of benzene rings is 2. The largest absolute Gasteiger partial charge is 0.451 e. The van der Waals surface area contributed by atoms with Crippen LogP contribution >= 0.6 is 0 Å². The molecule has 0 aliphatic rings. The topological polar surface area (TPSA) is 101 Å². The molecule has 0 bridgehead atoms. The third-order valence-electron chi connectivity index (χ3n) is 4.08. The van der Waals surface area contributed by atoms with E-state index in [2.05, 4.69) is 29.4 Å². The fourth-order valence-electron chi connectivity index (χ4n) is 2.62. The number of aromatic nitrogens is 2. The molecule has 0 aliphatic carbocycles. The van der Waals surface area contributed by atoms with Crippen molar-refractivity contribution < 1.29 is 14.3 Å². The normalized spacial score (nSPS) is 10.8. The summed E-state index contributed by atoms with van der Waals surface area (Å²) in [6, 6.07) is 14.0. The predicted octanol–water partition coefficient (Wildman–Crippen LogP) is 2.84. The zero-order chi connectivity index (χ0) is 19.4. The number of hydrogen-bond acceptors (Lipinski definition) is 5. The maximum Gasteiger partial charge on any atom is 0.359 e. The minimum atomic E-state index is -0.784. The number of hydrogen-bond donors (Lipinski definition) is 2. The van der Waals surface area contributed by atoms with Gasteiger partial charge < -0.3 is 10.1 Å². The number of esters is 1. The molecule has 2 N–H and O–H groups in total. The summed E-state index contributed by atoms with van der Waals surface area (Å²) in [6.45, 7) is 3.71. The van der Waals surface area contributed by atoms with Crippen molar-refractivity contribution in [1.82, 2.24) is 10.2 Å². The minimum Gasteiger partial charge on any atom is -0.451 e. The summed E-state index contributed by atoms with van der Waals surface area (Å²) in [6.07, 6.45) is 0. The van der Waals surface area contributed by atoms with Crippen LogP contribution < -0.4 is 10.9 Å². The van der Waals surface area contributed by atoms with E-state index in [4.69, 9.17) is 4.74 Å². The molecule has 1 heterocycles. The highest BCUT2D eigenvalue weighted by molar-refractivity contribution is 6.03. The highest BCUT2D eigenvalue weighted by Crippen LogP contribution is 2.17. The first-order chi connectivity index (χ1) is 13.0. The molecular formula is C20H19N3O4. The van der Waals surface area contributed by atoms with Crippen LogP contribution in [0.2, 0.25) is 0 Å². The molecule has 0 aliphatic heterocycles. The van der Waals surface area contributed by atoms with E-state index in [0.29, 0.717) is 22.4 Å². The highest BCUT2D eigenvalue weighted by atomic mass is 16.5. The monoisotopic (exact) mass is 365 g/mol. The van der Waals surface area contributed by atoms with Crippen molar-refractivity contribution in [2.24, 2.45) is 0 Å². The summed E-state index contributed by atoms with van der Waals surface area (Å²) in [7, 11) is 0. The zero-order valence-corrected chi connectivity index (χ0v) is 15.0. The lowest BCUT2D eigenvalue weighted by Crippen LogP contribution is -2.22. The molecule has 0 saturated heterocycles. The summed E-state index contributed by atoms with van der Waals surface area (Å²) in [4.78, 5) is 36.0. The SMILES string of the molecule is CC(C)c1ccc(NC(=O)COC(=O)c2n[nH]c(=O)c3ccccc23)cc1. The second-order valence-corrected chi connectivity index (χ2v) is 6.35. The van der Waals surface area contributed by atoms with Gasteiger partial charge in [0.05, 0.1) is 5.39 Å². The van der Waals surface area contributed by atoms with Gasteiger partial charge >= 0.3 is 5.97 Å². The molecule has 0 spiro atoms. The Bertz CT molecular complexity index is 1040. The summed E-state index contributed by atoms with van der Waals surface area (Å²) < 4.78 is 5.04. The van der Waals surface area contributed by atoms with Crippen LogP contribution in [-0.4, -0.2) is 28.7 Å². The Kier molecular flexibility index (Phi) is 5.30. The van der Waals surface area contributed by atoms with E-state index in [-0.39, 0.29) is 5.69 Å². The average molecular weight is 365 g/mol. The Labute approximate surface area is 155 Å². The molecule has 138 valence electrons. The molecule has 7 nitrogen and oxygen atoms in total. The van der Waals surface area contributed by atoms with Crippen molar-refractivity contribution in [2.75, 3.05) is 11.9 Å². The molecule has 27 heavy (non-hydrogen) atoms. The Morgan fingerprint density at radius 2 is 1.74 bits per heavy atom. The summed E-state index contributed by atoms with van der Waals surface area (Å²) in [5, 5.41) is 9.38. The lowest BCUT2D eigenvalue weighted by atomic mass is 10.0. The van der Waals surface area contributed by atoms with E-state index >= 15 is 0 Å². The summed E-state index contributed by atoms with van der Waals surface area (Å²) in [5.74, 6) is -0.850. The molecule has 2 aromatic carbocycles. The van der Waals surface area contributed by atoms with Crippen LogP contribution in [-0.2, 0) is 9.53 Å². The number of rotatable bonds is 5. The van der Waals surface area contributed by atoms with Crippen molar-refractivity contribution >= 4 is 28.3 Å². The van der Waals surface area contributed by atoms with Gasteiger partial charge in [0.1, 0.15) is 0 Å². The molecule has 0 fully saturated rings. The number of carbonyl (C=O) groups is 2. The third-order valence-corrected chi connectivity index (χ3v) is 4.08. The van der Waals surface area contributed by atoms with Crippen LogP contribution in [0.25, 0.3) is 10.8 Å². The van der Waals surface area contributed by atoms with Crippen molar-refractivity contribution in [3.05, 3.63) is 70.1 Å². The molecule has 3 rings (SSSR count). The summed E-state index contributed by atoms with van der Waals surface area (Å²) >= 11 is 0. The second kappa shape index (κ2) is 7.82. The Hall–Kier alpha value is -3.48. The second-order valence-electron chi connectivity index (χ2n) is 6.35. The number of anilines is 1. The van der Waals surface area contributed by atoms with E-state index in [1.807, 2.05) is 12.1 Å². The molecule has 0 atom stereocenters. The van der Waals surface area contributed by atoms with E-state index < -0.39 is 24.0 Å². The molecule has 3 aromatic rings. The maximum absolute atomic E-state index is 12.3. The highest BCUT2D eigenvalue weighted by Gasteiger charge is 2.16. The Morgan fingerprint density at radius 1 is 1.07 bits per heavy atom. The van der Waals surface area contributed by atoms with Crippen LogP contribution in [0.3, 0.4) is 0 Å². The van der Waals surface area contributed by atoms with E-state index in [1.165, 1.54) is 0 Å². The number of ether oxygens (including phenoxy) is 1. The fraction of sp³-hybridized carbons (Fsp3) is 0.200. The average Bonchev–Trinajstić information content (AvgIpc) is 2.67. The van der Waals surface area contributed by atoms with Gasteiger partial charge in [0.25, 0.3) is 11.5 Å². The first-order valence-corrected chi connectivity index (χ1v) is 8.50. The summed E-state index contributed by atoms with van der Waals surface area (Å²) in [5.41, 5.74) is 1.34. The lowest BCUT2D eigenvalue weighted by Gasteiger charge is -2.09. The predicted molar refractivity (Wildman–Crippen MR) is 102 cm³/mol. The van der Waals surface area contributed by atoms with Gasteiger partial charge in [-0.1, -0.05) is 44.2 Å². The van der Waals surface area contributed by atoms with Crippen molar-refractivity contribution in [1.29, 1.82) is 0 Å². The van der Waals surface area contributed by atoms with Crippen molar-refractivity contribution in [2.45, 2.75) is 19.8 Å². The number of aromatic amines is 1. The number of nitrogens with one attached hydrogen (secondary N) is 2. The number of amides is 1. The quantitative estimate of drug-likeness (QED) is 0.677. The molecular weight excluding hydrogens is 346 g/mol. The van der Waals surface area contributed by atoms with E-state index in [1.54, 1.807) is 36.4 Å². The van der Waals surface area contributed by atoms with Gasteiger partial charge in [-0.15, -0.1) is 0 Å². The number of nitrogens with zero attached hydrogens (tertiary/aromatic N) is 1. The maximum atomic E-state index is 12.3. The molecule has 7 heteroatoms. The van der Waals surface area contributed by atoms with Gasteiger partial charge in [0.15, 0.2) is 12.3 Å². The van der Waals surface area contributed by atoms with Gasteiger partial charge in [0, 0.05) is 11.1 Å². The Morgan fingerprint density at radius 3 is 2.41 bits per heavy atom. The van der Waals surface area contributed by atoms with Crippen molar-refractivity contribution in [3.8, 4) is 0 Å².